The molecule has 0 unspecified atom stereocenters. The van der Waals surface area contributed by atoms with Crippen molar-refractivity contribution in [2.24, 2.45) is 0 Å². The molecule has 1 aliphatic rings. The van der Waals surface area contributed by atoms with Gasteiger partial charge in [-0.1, -0.05) is 54.1 Å². The van der Waals surface area contributed by atoms with E-state index in [1.165, 1.54) is 51.3 Å². The Hall–Kier alpha value is -3.12. The quantitative estimate of drug-likeness (QED) is 0.232. The highest BCUT2D eigenvalue weighted by Gasteiger charge is 2.24. The molecule has 5 nitrogen and oxygen atoms in total. The number of rotatable bonds is 9. The van der Waals surface area contributed by atoms with Gasteiger partial charge in [0.05, 0.1) is 22.3 Å². The van der Waals surface area contributed by atoms with Crippen molar-refractivity contribution in [3.8, 4) is 0 Å². The molecule has 0 aliphatic carbocycles. The zero-order valence-electron chi connectivity index (χ0n) is 19.1. The number of nitrogens with zero attached hydrogens (tertiary/aromatic N) is 5. The van der Waals surface area contributed by atoms with Crippen molar-refractivity contribution in [2.75, 3.05) is 11.4 Å². The molecule has 0 radical (unpaired) electrons. The average molecular weight is 457 g/mol. The molecule has 0 fully saturated rings. The number of hydrogen-bond donors (Lipinski definition) is 0. The number of unbranched alkanes of at least 4 members (excludes halogenated alkanes) is 3. The third kappa shape index (κ3) is 4.81. The van der Waals surface area contributed by atoms with Crippen molar-refractivity contribution < 1.29 is 4.57 Å². The molecule has 0 amide bonds. The standard InChI is InChI=1S/C27H30N5S/c1-2-30-19-15-22(23-11-5-6-12-24(23)30)21-27-32(25-13-7-8-14-26(25)33-27)18-10-4-3-9-17-31-20-16-28-29-31/h5-8,11-16,19-21H,2-4,9-10,17-18H2,1H3/q+1. The van der Waals surface area contributed by atoms with Crippen LogP contribution in [0.1, 0.15) is 38.2 Å². The van der Waals surface area contributed by atoms with Gasteiger partial charge in [-0.2, -0.15) is 4.57 Å². The molecule has 3 heterocycles. The summed E-state index contributed by atoms with van der Waals surface area (Å²) in [5.74, 6) is 0. The monoisotopic (exact) mass is 456 g/mol. The summed E-state index contributed by atoms with van der Waals surface area (Å²) in [6, 6.07) is 19.7. The fraction of sp³-hybridized carbons (Fsp3) is 0.296. The number of thioether (sulfide) groups is 1. The van der Waals surface area contributed by atoms with Crippen LogP contribution in [0.3, 0.4) is 0 Å². The Morgan fingerprint density at radius 2 is 1.76 bits per heavy atom. The lowest BCUT2D eigenvalue weighted by Crippen LogP contribution is -2.32. The molecule has 0 saturated carbocycles. The summed E-state index contributed by atoms with van der Waals surface area (Å²) >= 11 is 1.89. The molecule has 0 saturated heterocycles. The molecule has 33 heavy (non-hydrogen) atoms. The normalized spacial score (nSPS) is 14.3. The number of aromatic nitrogens is 4. The second kappa shape index (κ2) is 10.2. The minimum atomic E-state index is 0.951. The Morgan fingerprint density at radius 3 is 2.61 bits per heavy atom. The van der Waals surface area contributed by atoms with Crippen LogP contribution in [0.15, 0.2) is 83.1 Å². The van der Waals surface area contributed by atoms with Gasteiger partial charge in [0.2, 0.25) is 5.52 Å². The maximum absolute atomic E-state index is 4.05. The van der Waals surface area contributed by atoms with Crippen LogP contribution in [0.2, 0.25) is 0 Å². The molecule has 0 N–H and O–H groups in total. The Bertz CT molecular complexity index is 1250. The van der Waals surface area contributed by atoms with E-state index in [2.05, 4.69) is 93.6 Å². The van der Waals surface area contributed by atoms with E-state index >= 15 is 0 Å². The van der Waals surface area contributed by atoms with Crippen LogP contribution < -0.4 is 9.47 Å². The van der Waals surface area contributed by atoms with Crippen LogP contribution in [0.5, 0.6) is 0 Å². The summed E-state index contributed by atoms with van der Waals surface area (Å²) in [7, 11) is 0. The van der Waals surface area contributed by atoms with Gasteiger partial charge < -0.3 is 4.90 Å². The number of benzene rings is 2. The molecule has 0 bridgehead atoms. The van der Waals surface area contributed by atoms with Gasteiger partial charge in [-0.3, -0.25) is 4.68 Å². The van der Waals surface area contributed by atoms with Gasteiger partial charge in [0.1, 0.15) is 6.54 Å². The maximum atomic E-state index is 4.05. The molecular formula is C27H30N5S+. The Morgan fingerprint density at radius 1 is 0.939 bits per heavy atom. The average Bonchev–Trinajstić information content (AvgIpc) is 3.49. The fourth-order valence-corrected chi connectivity index (χ4v) is 5.62. The van der Waals surface area contributed by atoms with E-state index in [-0.39, 0.29) is 0 Å². The highest BCUT2D eigenvalue weighted by atomic mass is 32.2. The summed E-state index contributed by atoms with van der Waals surface area (Å²) in [5, 5.41) is 10.6. The smallest absolute Gasteiger partial charge is 0.213 e. The summed E-state index contributed by atoms with van der Waals surface area (Å²) in [4.78, 5) is 3.85. The van der Waals surface area contributed by atoms with Crippen molar-refractivity contribution in [3.05, 3.63) is 83.8 Å². The molecule has 2 aromatic carbocycles. The third-order valence-electron chi connectivity index (χ3n) is 6.21. The first-order chi connectivity index (χ1) is 16.3. The van der Waals surface area contributed by atoms with Gasteiger partial charge in [-0.05, 0) is 49.6 Å². The van der Waals surface area contributed by atoms with Crippen molar-refractivity contribution in [2.45, 2.75) is 50.6 Å². The van der Waals surface area contributed by atoms with Crippen LogP contribution in [0, 0.1) is 0 Å². The second-order valence-corrected chi connectivity index (χ2v) is 9.42. The molecule has 6 heteroatoms. The zero-order valence-corrected chi connectivity index (χ0v) is 19.9. The fourth-order valence-electron chi connectivity index (χ4n) is 4.48. The minimum absolute atomic E-state index is 0.951. The summed E-state index contributed by atoms with van der Waals surface area (Å²) < 4.78 is 4.23. The van der Waals surface area contributed by atoms with E-state index in [0.29, 0.717) is 0 Å². The van der Waals surface area contributed by atoms with Gasteiger partial charge in [0, 0.05) is 36.3 Å². The molecule has 0 atom stereocenters. The largest absolute Gasteiger partial charge is 0.335 e. The lowest BCUT2D eigenvalue weighted by molar-refractivity contribution is -0.667. The van der Waals surface area contributed by atoms with Gasteiger partial charge >= 0.3 is 0 Å². The van der Waals surface area contributed by atoms with Gasteiger partial charge in [-0.25, -0.2) is 0 Å². The molecule has 2 aromatic heterocycles. The molecule has 4 aromatic rings. The van der Waals surface area contributed by atoms with E-state index in [1.54, 1.807) is 6.20 Å². The highest BCUT2D eigenvalue weighted by molar-refractivity contribution is 8.03. The Labute approximate surface area is 199 Å². The van der Waals surface area contributed by atoms with E-state index in [4.69, 9.17) is 0 Å². The SMILES string of the molecule is CC[n+]1ccc(/C=C2\Sc3ccccc3N2CCCCCCn2ccnn2)c2ccccc21. The number of pyridine rings is 1. The molecule has 1 aliphatic heterocycles. The summed E-state index contributed by atoms with van der Waals surface area (Å²) in [6.45, 7) is 5.16. The number of hydrogen-bond acceptors (Lipinski definition) is 4. The number of anilines is 1. The number of para-hydroxylation sites is 2. The van der Waals surface area contributed by atoms with Gasteiger partial charge in [0.25, 0.3) is 0 Å². The van der Waals surface area contributed by atoms with Gasteiger partial charge in [-0.15, -0.1) is 5.10 Å². The first-order valence-electron chi connectivity index (χ1n) is 11.8. The maximum Gasteiger partial charge on any atom is 0.213 e. The first-order valence-corrected chi connectivity index (χ1v) is 12.7. The Balaban J connectivity index is 1.32. The van der Waals surface area contributed by atoms with E-state index < -0.39 is 0 Å². The summed E-state index contributed by atoms with van der Waals surface area (Å²) in [6.07, 6.45) is 13.0. The van der Waals surface area contributed by atoms with Crippen LogP contribution >= 0.6 is 11.8 Å². The van der Waals surface area contributed by atoms with Crippen molar-refractivity contribution in [1.82, 2.24) is 15.0 Å². The zero-order chi connectivity index (χ0) is 22.5. The first kappa shape index (κ1) is 21.7. The number of aryl methyl sites for hydroxylation is 2. The van der Waals surface area contributed by atoms with Crippen LogP contribution in [-0.2, 0) is 13.1 Å². The van der Waals surface area contributed by atoms with Crippen molar-refractivity contribution >= 4 is 34.4 Å². The molecule has 168 valence electrons. The predicted molar refractivity (Wildman–Crippen MR) is 136 cm³/mol. The van der Waals surface area contributed by atoms with Crippen molar-refractivity contribution in [3.63, 3.8) is 0 Å². The lowest BCUT2D eigenvalue weighted by Gasteiger charge is -2.20. The van der Waals surface area contributed by atoms with E-state index in [1.807, 2.05) is 22.6 Å². The van der Waals surface area contributed by atoms with E-state index in [9.17, 15) is 0 Å². The van der Waals surface area contributed by atoms with Crippen LogP contribution in [0.4, 0.5) is 5.69 Å². The van der Waals surface area contributed by atoms with Gasteiger partial charge in [0.15, 0.2) is 6.20 Å². The molecule has 5 rings (SSSR count). The van der Waals surface area contributed by atoms with Crippen molar-refractivity contribution in [1.29, 1.82) is 0 Å². The minimum Gasteiger partial charge on any atom is -0.335 e. The third-order valence-corrected chi connectivity index (χ3v) is 7.32. The predicted octanol–water partition coefficient (Wildman–Crippen LogP) is 5.91. The van der Waals surface area contributed by atoms with Crippen LogP contribution in [0.25, 0.3) is 17.0 Å². The second-order valence-electron chi connectivity index (χ2n) is 8.36. The molecular weight excluding hydrogens is 426 g/mol. The topological polar surface area (TPSA) is 37.8 Å². The Kier molecular flexibility index (Phi) is 6.72. The molecule has 0 spiro atoms. The number of fused-ring (bicyclic) bond motifs is 2. The highest BCUT2D eigenvalue weighted by Crippen LogP contribution is 2.46. The van der Waals surface area contributed by atoms with Crippen LogP contribution in [-0.4, -0.2) is 21.5 Å². The van der Waals surface area contributed by atoms with E-state index in [0.717, 1.165) is 26.1 Å². The lowest BCUT2D eigenvalue weighted by atomic mass is 10.1. The summed E-state index contributed by atoms with van der Waals surface area (Å²) in [5.41, 5.74) is 3.90.